The molecule has 0 radical (unpaired) electrons. The summed E-state index contributed by atoms with van der Waals surface area (Å²) in [5, 5.41) is 14.7. The summed E-state index contributed by atoms with van der Waals surface area (Å²) in [5.41, 5.74) is 2.94. The summed E-state index contributed by atoms with van der Waals surface area (Å²) in [6, 6.07) is 59.1. The molecule has 0 saturated heterocycles. The Hall–Kier alpha value is -6.53. The molecule has 0 spiro atoms. The third-order valence-corrected chi connectivity index (χ3v) is 13.2. The molecule has 12 rings (SSSR count). The normalized spacial score (nSPS) is 12.1. The number of nitrogens with zero attached hydrogens (tertiary/aromatic N) is 3. The Morgan fingerprint density at radius 3 is 1.22 bits per heavy atom. The van der Waals surface area contributed by atoms with Gasteiger partial charge in [0.05, 0.1) is 0 Å². The lowest BCUT2D eigenvalue weighted by Crippen LogP contribution is -2.01. The van der Waals surface area contributed by atoms with Gasteiger partial charge >= 0.3 is 0 Å². The van der Waals surface area contributed by atoms with E-state index in [1.807, 2.05) is 22.7 Å². The van der Waals surface area contributed by atoms with Crippen molar-refractivity contribution >= 4 is 106 Å². The number of hydrogen-bond acceptors (Lipinski definition) is 5. The lowest BCUT2D eigenvalue weighted by Gasteiger charge is -2.16. The molecule has 0 N–H and O–H groups in total. The second kappa shape index (κ2) is 11.5. The zero-order chi connectivity index (χ0) is 35.3. The van der Waals surface area contributed by atoms with Crippen LogP contribution in [0.25, 0.3) is 118 Å². The Bertz CT molecular complexity index is 3390. The summed E-state index contributed by atoms with van der Waals surface area (Å²) in [6.45, 7) is 0. The Labute approximate surface area is 317 Å². The molecule has 9 aromatic carbocycles. The molecule has 3 heterocycles. The Morgan fingerprint density at radius 2 is 0.667 bits per heavy atom. The molecule has 0 aliphatic heterocycles. The number of rotatable bonds is 3. The summed E-state index contributed by atoms with van der Waals surface area (Å²) in [7, 11) is 0. The van der Waals surface area contributed by atoms with Crippen LogP contribution in [0.2, 0.25) is 0 Å². The topological polar surface area (TPSA) is 38.7 Å². The minimum Gasteiger partial charge on any atom is -0.208 e. The third-order valence-electron chi connectivity index (χ3n) is 10.9. The molecule has 54 heavy (non-hydrogen) atoms. The lowest BCUT2D eigenvalue weighted by atomic mass is 9.89. The van der Waals surface area contributed by atoms with Gasteiger partial charge < -0.3 is 0 Å². The molecule has 3 aromatic heterocycles. The number of benzene rings is 9. The van der Waals surface area contributed by atoms with Crippen molar-refractivity contribution < 1.29 is 0 Å². The monoisotopic (exact) mass is 721 g/mol. The molecule has 0 fully saturated rings. The molecule has 3 nitrogen and oxygen atoms in total. The third kappa shape index (κ3) is 4.43. The van der Waals surface area contributed by atoms with Gasteiger partial charge in [-0.3, -0.25) is 0 Å². The van der Waals surface area contributed by atoms with Crippen molar-refractivity contribution in [2.45, 2.75) is 0 Å². The predicted octanol–water partition coefficient (Wildman–Crippen LogP) is 14.2. The van der Waals surface area contributed by atoms with Crippen molar-refractivity contribution in [1.29, 1.82) is 0 Å². The number of thiophene rings is 2. The van der Waals surface area contributed by atoms with E-state index in [9.17, 15) is 0 Å². The van der Waals surface area contributed by atoms with E-state index in [1.54, 1.807) is 0 Å². The maximum absolute atomic E-state index is 5.36. The van der Waals surface area contributed by atoms with Crippen molar-refractivity contribution in [2.75, 3.05) is 0 Å². The molecular weight excluding hydrogens is 695 g/mol. The first-order valence-electron chi connectivity index (χ1n) is 18.1. The van der Waals surface area contributed by atoms with Crippen LogP contribution in [0.4, 0.5) is 0 Å². The Kier molecular flexibility index (Phi) is 6.38. The fourth-order valence-electron chi connectivity index (χ4n) is 8.44. The van der Waals surface area contributed by atoms with Crippen molar-refractivity contribution in [3.8, 4) is 34.2 Å². The minimum absolute atomic E-state index is 0.662. The van der Waals surface area contributed by atoms with E-state index in [0.29, 0.717) is 17.5 Å². The van der Waals surface area contributed by atoms with Crippen LogP contribution in [0.15, 0.2) is 164 Å². The highest BCUT2D eigenvalue weighted by atomic mass is 32.1. The SMILES string of the molecule is c1ccc2c(c1)sc1ccc(-c3nc(-c4ccc5sc6ccccc6c5c4)nc(-c4cc5c6ccccc6c6ccccc6c5c5ccccc45)n3)cc12. The van der Waals surface area contributed by atoms with E-state index >= 15 is 0 Å². The highest BCUT2D eigenvalue weighted by Gasteiger charge is 2.20. The van der Waals surface area contributed by atoms with Crippen LogP contribution in [0, 0.1) is 0 Å². The minimum atomic E-state index is 0.662. The fraction of sp³-hybridized carbons (Fsp3) is 0. The van der Waals surface area contributed by atoms with E-state index < -0.39 is 0 Å². The number of fused-ring (bicyclic) bond motifs is 14. The molecule has 0 amide bonds. The first kappa shape index (κ1) is 30.0. The van der Waals surface area contributed by atoms with Gasteiger partial charge in [0.25, 0.3) is 0 Å². The van der Waals surface area contributed by atoms with Gasteiger partial charge in [0.1, 0.15) is 0 Å². The van der Waals surface area contributed by atoms with Crippen LogP contribution in [0.5, 0.6) is 0 Å². The quantitative estimate of drug-likeness (QED) is 0.171. The molecule has 0 atom stereocenters. The molecule has 0 aliphatic rings. The average Bonchev–Trinajstić information content (AvgIpc) is 3.81. The van der Waals surface area contributed by atoms with Gasteiger partial charge in [0, 0.05) is 57.0 Å². The predicted molar refractivity (Wildman–Crippen MR) is 232 cm³/mol. The molecule has 0 unspecified atom stereocenters. The van der Waals surface area contributed by atoms with Crippen molar-refractivity contribution in [2.24, 2.45) is 0 Å². The molecule has 250 valence electrons. The summed E-state index contributed by atoms with van der Waals surface area (Å²) in [6.07, 6.45) is 0. The molecule has 12 aromatic rings. The van der Waals surface area contributed by atoms with Gasteiger partial charge in [-0.2, -0.15) is 0 Å². The second-order valence-electron chi connectivity index (χ2n) is 13.9. The smallest absolute Gasteiger partial charge is 0.164 e. The van der Waals surface area contributed by atoms with Crippen LogP contribution in [-0.2, 0) is 0 Å². The summed E-state index contributed by atoms with van der Waals surface area (Å²) in [4.78, 5) is 16.0. The summed E-state index contributed by atoms with van der Waals surface area (Å²) in [5.74, 6) is 1.99. The van der Waals surface area contributed by atoms with Gasteiger partial charge in [-0.05, 0) is 97.7 Å². The van der Waals surface area contributed by atoms with Gasteiger partial charge in [-0.15, -0.1) is 22.7 Å². The van der Waals surface area contributed by atoms with E-state index in [2.05, 4.69) is 164 Å². The maximum Gasteiger partial charge on any atom is 0.164 e. The fourth-order valence-corrected chi connectivity index (χ4v) is 10.6. The van der Waals surface area contributed by atoms with Crippen molar-refractivity contribution in [3.05, 3.63) is 164 Å². The van der Waals surface area contributed by atoms with Crippen LogP contribution >= 0.6 is 22.7 Å². The van der Waals surface area contributed by atoms with Crippen LogP contribution in [0.3, 0.4) is 0 Å². The Morgan fingerprint density at radius 1 is 0.278 bits per heavy atom. The zero-order valence-corrected chi connectivity index (χ0v) is 30.4. The summed E-state index contributed by atoms with van der Waals surface area (Å²) < 4.78 is 5.06. The first-order valence-corrected chi connectivity index (χ1v) is 19.7. The van der Waals surface area contributed by atoms with Gasteiger partial charge in [0.2, 0.25) is 0 Å². The van der Waals surface area contributed by atoms with Crippen molar-refractivity contribution in [1.82, 2.24) is 15.0 Å². The van der Waals surface area contributed by atoms with E-state index in [-0.39, 0.29) is 0 Å². The zero-order valence-electron chi connectivity index (χ0n) is 28.7. The standard InChI is InChI=1S/C49H27N3S2/c1-2-13-32-30(11-1)31-12-3-5-17-36(31)46-37-18-6-4-14-33(37)41(27-40(32)46)49-51-47(28-21-23-44-38(25-28)34-15-7-9-19-42(34)53-44)50-48(52-49)29-22-24-45-39(26-29)35-16-8-10-20-43(35)54-45/h1-27H. The first-order chi connectivity index (χ1) is 26.7. The van der Waals surface area contributed by atoms with Gasteiger partial charge in [-0.25, -0.2) is 15.0 Å². The highest BCUT2D eigenvalue weighted by molar-refractivity contribution is 7.26. The number of aromatic nitrogens is 3. The highest BCUT2D eigenvalue weighted by Crippen LogP contribution is 2.43. The maximum atomic E-state index is 5.36. The number of hydrogen-bond donors (Lipinski definition) is 0. The van der Waals surface area contributed by atoms with Gasteiger partial charge in [0.15, 0.2) is 17.5 Å². The van der Waals surface area contributed by atoms with E-state index in [4.69, 9.17) is 15.0 Å². The largest absolute Gasteiger partial charge is 0.208 e. The van der Waals surface area contributed by atoms with E-state index in [0.717, 1.165) is 22.1 Å². The Balaban J connectivity index is 1.17. The van der Waals surface area contributed by atoms with E-state index in [1.165, 1.54) is 78.0 Å². The van der Waals surface area contributed by atoms with Crippen LogP contribution in [0.1, 0.15) is 0 Å². The van der Waals surface area contributed by atoms with Gasteiger partial charge in [-0.1, -0.05) is 109 Å². The molecular formula is C49H27N3S2. The lowest BCUT2D eigenvalue weighted by molar-refractivity contribution is 1.08. The summed E-state index contributed by atoms with van der Waals surface area (Å²) >= 11 is 3.64. The van der Waals surface area contributed by atoms with Crippen LogP contribution in [-0.4, -0.2) is 15.0 Å². The molecule has 5 heteroatoms. The average molecular weight is 722 g/mol. The second-order valence-corrected chi connectivity index (χ2v) is 16.1. The van der Waals surface area contributed by atoms with Crippen LogP contribution < -0.4 is 0 Å². The molecule has 0 saturated carbocycles. The van der Waals surface area contributed by atoms with Crippen molar-refractivity contribution in [3.63, 3.8) is 0 Å². The molecule has 0 aliphatic carbocycles. The molecule has 0 bridgehead atoms.